The highest BCUT2D eigenvalue weighted by atomic mass is 28.4. The second kappa shape index (κ2) is 3.75. The van der Waals surface area contributed by atoms with Crippen LogP contribution in [0.5, 0.6) is 0 Å². The van der Waals surface area contributed by atoms with Crippen LogP contribution in [-0.4, -0.2) is 33.3 Å². The summed E-state index contributed by atoms with van der Waals surface area (Å²) in [6.45, 7) is 11.8. The third-order valence-electron chi connectivity index (χ3n) is 3.31. The third-order valence-corrected chi connectivity index (χ3v) is 7.81. The van der Waals surface area contributed by atoms with Crippen LogP contribution in [-0.2, 0) is 9.22 Å². The molecule has 2 atom stereocenters. The quantitative estimate of drug-likeness (QED) is 0.440. The number of rotatable bonds is 4. The van der Waals surface area contributed by atoms with Crippen molar-refractivity contribution in [2.24, 2.45) is 0 Å². The predicted molar refractivity (Wildman–Crippen MR) is 59.9 cm³/mol. The summed E-state index contributed by atoms with van der Waals surface area (Å²) >= 11 is 0. The maximum Gasteiger partial charge on any atom is 0.192 e. The largest absolute Gasteiger partial charge is 0.415 e. The van der Waals surface area contributed by atoms with E-state index in [4.69, 9.17) is 4.43 Å². The van der Waals surface area contributed by atoms with Gasteiger partial charge in [-0.05, 0) is 18.1 Å². The SMILES string of the molecule is CC(C)(C)[Si](C)(C)OC[C@H]1N[C@@H]1C=O. The number of carbonyl (C=O) groups excluding carboxylic acids is 1. The first-order valence-corrected chi connectivity index (χ1v) is 8.04. The molecule has 0 aliphatic carbocycles. The van der Waals surface area contributed by atoms with Gasteiger partial charge in [0, 0.05) is 0 Å². The molecule has 0 bridgehead atoms. The molecule has 0 aromatic heterocycles. The molecule has 1 N–H and O–H groups in total. The normalized spacial score (nSPS) is 27.5. The van der Waals surface area contributed by atoms with Crippen molar-refractivity contribution < 1.29 is 9.22 Å². The smallest absolute Gasteiger partial charge is 0.192 e. The Kier molecular flexibility index (Phi) is 3.19. The van der Waals surface area contributed by atoms with Crippen LogP contribution in [0, 0.1) is 0 Å². The summed E-state index contributed by atoms with van der Waals surface area (Å²) in [5.74, 6) is 0. The van der Waals surface area contributed by atoms with Crippen LogP contribution in [0.15, 0.2) is 0 Å². The van der Waals surface area contributed by atoms with Gasteiger partial charge in [-0.25, -0.2) is 0 Å². The Morgan fingerprint density at radius 2 is 2.00 bits per heavy atom. The lowest BCUT2D eigenvalue weighted by Gasteiger charge is -2.36. The Morgan fingerprint density at radius 1 is 1.43 bits per heavy atom. The molecule has 0 aromatic rings. The van der Waals surface area contributed by atoms with E-state index < -0.39 is 8.32 Å². The van der Waals surface area contributed by atoms with Crippen LogP contribution in [0.1, 0.15) is 20.8 Å². The fourth-order valence-corrected chi connectivity index (χ4v) is 2.02. The van der Waals surface area contributed by atoms with Crippen LogP contribution >= 0.6 is 0 Å². The minimum atomic E-state index is -1.63. The monoisotopic (exact) mass is 215 g/mol. The van der Waals surface area contributed by atoms with E-state index in [2.05, 4.69) is 39.2 Å². The summed E-state index contributed by atoms with van der Waals surface area (Å²) in [4.78, 5) is 10.4. The molecule has 1 fully saturated rings. The van der Waals surface area contributed by atoms with Crippen molar-refractivity contribution >= 4 is 14.6 Å². The van der Waals surface area contributed by atoms with E-state index in [1.165, 1.54) is 0 Å². The number of carbonyl (C=O) groups is 1. The summed E-state index contributed by atoms with van der Waals surface area (Å²) in [6.07, 6.45) is 0.958. The van der Waals surface area contributed by atoms with Crippen molar-refractivity contribution in [2.45, 2.75) is 51.0 Å². The van der Waals surface area contributed by atoms with Gasteiger partial charge in [0.1, 0.15) is 6.29 Å². The van der Waals surface area contributed by atoms with Crippen LogP contribution in [0.2, 0.25) is 18.1 Å². The van der Waals surface area contributed by atoms with Crippen molar-refractivity contribution in [1.82, 2.24) is 5.32 Å². The maximum atomic E-state index is 10.4. The Bertz CT molecular complexity index is 223. The van der Waals surface area contributed by atoms with Gasteiger partial charge in [0.05, 0.1) is 18.7 Å². The molecule has 0 spiro atoms. The maximum absolute atomic E-state index is 10.4. The van der Waals surface area contributed by atoms with Gasteiger partial charge in [0.15, 0.2) is 8.32 Å². The average Bonchev–Trinajstić information content (AvgIpc) is 2.77. The first kappa shape index (κ1) is 11.9. The predicted octanol–water partition coefficient (Wildman–Crippen LogP) is 1.55. The highest BCUT2D eigenvalue weighted by Gasteiger charge is 2.41. The van der Waals surface area contributed by atoms with Crippen molar-refractivity contribution in [1.29, 1.82) is 0 Å². The standard InChI is InChI=1S/C10H21NO2Si/c1-10(2,3)14(4,5)13-7-9-8(6-12)11-9/h6,8-9,11H,7H2,1-5H3/t8-,9-/m1/s1. The van der Waals surface area contributed by atoms with Crippen LogP contribution in [0.3, 0.4) is 0 Å². The molecule has 1 aliphatic rings. The van der Waals surface area contributed by atoms with Crippen molar-refractivity contribution in [3.8, 4) is 0 Å². The van der Waals surface area contributed by atoms with Gasteiger partial charge in [0.2, 0.25) is 0 Å². The summed E-state index contributed by atoms with van der Waals surface area (Å²) < 4.78 is 5.97. The zero-order chi connectivity index (χ0) is 11.0. The summed E-state index contributed by atoms with van der Waals surface area (Å²) in [5, 5.41) is 3.32. The third kappa shape index (κ3) is 2.65. The average molecular weight is 215 g/mol. The number of nitrogens with one attached hydrogen (secondary N) is 1. The van der Waals surface area contributed by atoms with Crippen molar-refractivity contribution in [2.75, 3.05) is 6.61 Å². The summed E-state index contributed by atoms with van der Waals surface area (Å²) in [5.41, 5.74) is 0. The Morgan fingerprint density at radius 3 is 2.36 bits per heavy atom. The molecule has 14 heavy (non-hydrogen) atoms. The van der Waals surface area contributed by atoms with Gasteiger partial charge in [-0.15, -0.1) is 0 Å². The Hall–Kier alpha value is -0.193. The molecule has 1 rings (SSSR count). The highest BCUT2D eigenvalue weighted by molar-refractivity contribution is 6.74. The van der Waals surface area contributed by atoms with Gasteiger partial charge in [-0.3, -0.25) is 5.32 Å². The lowest BCUT2D eigenvalue weighted by Crippen LogP contribution is -2.41. The van der Waals surface area contributed by atoms with E-state index in [1.54, 1.807) is 0 Å². The van der Waals surface area contributed by atoms with E-state index in [-0.39, 0.29) is 17.1 Å². The number of hydrogen-bond donors (Lipinski definition) is 1. The molecular formula is C10H21NO2Si. The zero-order valence-corrected chi connectivity index (χ0v) is 10.8. The van der Waals surface area contributed by atoms with E-state index >= 15 is 0 Å². The lowest BCUT2D eigenvalue weighted by atomic mass is 10.2. The topological polar surface area (TPSA) is 48.2 Å². The molecular weight excluding hydrogens is 194 g/mol. The van der Waals surface area contributed by atoms with Gasteiger partial charge in [0.25, 0.3) is 0 Å². The summed E-state index contributed by atoms with van der Waals surface area (Å²) in [6, 6.07) is 0.307. The first-order chi connectivity index (χ1) is 6.28. The van der Waals surface area contributed by atoms with E-state index in [9.17, 15) is 4.79 Å². The molecule has 0 saturated carbocycles. The minimum Gasteiger partial charge on any atom is -0.415 e. The first-order valence-electron chi connectivity index (χ1n) is 5.13. The molecule has 0 unspecified atom stereocenters. The second-order valence-electron chi connectivity index (χ2n) is 5.51. The van der Waals surface area contributed by atoms with Gasteiger partial charge >= 0.3 is 0 Å². The Balaban J connectivity index is 2.34. The van der Waals surface area contributed by atoms with Crippen LogP contribution in [0.25, 0.3) is 0 Å². The summed E-state index contributed by atoms with van der Waals surface area (Å²) in [7, 11) is -1.63. The molecule has 4 heteroatoms. The van der Waals surface area contributed by atoms with Crippen molar-refractivity contribution in [3.05, 3.63) is 0 Å². The molecule has 3 nitrogen and oxygen atoms in total. The zero-order valence-electron chi connectivity index (χ0n) is 9.76. The van der Waals surface area contributed by atoms with E-state index in [0.717, 1.165) is 6.29 Å². The Labute approximate surface area is 87.3 Å². The molecule has 82 valence electrons. The molecule has 1 aliphatic heterocycles. The van der Waals surface area contributed by atoms with Crippen LogP contribution in [0.4, 0.5) is 0 Å². The molecule has 0 aromatic carbocycles. The fraction of sp³-hybridized carbons (Fsp3) is 0.900. The number of aldehydes is 1. The minimum absolute atomic E-state index is 0.0415. The molecule has 0 amide bonds. The van der Waals surface area contributed by atoms with Gasteiger partial charge in [-0.1, -0.05) is 20.8 Å². The van der Waals surface area contributed by atoms with Gasteiger partial charge < -0.3 is 9.22 Å². The molecule has 1 heterocycles. The second-order valence-corrected chi connectivity index (χ2v) is 10.3. The number of hydrogen-bond acceptors (Lipinski definition) is 3. The lowest BCUT2D eigenvalue weighted by molar-refractivity contribution is -0.107. The molecule has 0 radical (unpaired) electrons. The van der Waals surface area contributed by atoms with E-state index in [0.29, 0.717) is 6.61 Å². The van der Waals surface area contributed by atoms with Gasteiger partial charge in [-0.2, -0.15) is 0 Å². The molecule has 1 saturated heterocycles. The van der Waals surface area contributed by atoms with Crippen molar-refractivity contribution in [3.63, 3.8) is 0 Å². The highest BCUT2D eigenvalue weighted by Crippen LogP contribution is 2.36. The van der Waals surface area contributed by atoms with Crippen LogP contribution < -0.4 is 5.32 Å². The van der Waals surface area contributed by atoms with E-state index in [1.807, 2.05) is 0 Å². The fourth-order valence-electron chi connectivity index (χ4n) is 0.992.